The van der Waals surface area contributed by atoms with E-state index in [1.807, 2.05) is 0 Å². The van der Waals surface area contributed by atoms with E-state index in [1.165, 1.54) is 12.1 Å². The summed E-state index contributed by atoms with van der Waals surface area (Å²) in [5, 5.41) is 0.257. The molecule has 1 saturated heterocycles. The van der Waals surface area contributed by atoms with E-state index in [0.717, 1.165) is 12.8 Å². The van der Waals surface area contributed by atoms with Crippen molar-refractivity contribution in [1.29, 1.82) is 0 Å². The van der Waals surface area contributed by atoms with E-state index in [9.17, 15) is 13.2 Å². The van der Waals surface area contributed by atoms with Gasteiger partial charge < -0.3 is 4.90 Å². The molecular formula is C20H21Cl3N2O3S. The minimum absolute atomic E-state index is 0.0119. The average molecular weight is 476 g/mol. The molecule has 2 aromatic rings. The first-order chi connectivity index (χ1) is 13.5. The second-order valence-corrected chi connectivity index (χ2v) is 11.1. The topological polar surface area (TPSA) is 67.3 Å². The predicted molar refractivity (Wildman–Crippen MR) is 116 cm³/mol. The van der Waals surface area contributed by atoms with Gasteiger partial charge in [-0.3, -0.25) is 4.79 Å². The average Bonchev–Trinajstić information content (AvgIpc) is 2.63. The summed E-state index contributed by atoms with van der Waals surface area (Å²) in [6, 6.07) is 7.33. The van der Waals surface area contributed by atoms with E-state index in [1.54, 1.807) is 23.1 Å². The molecule has 1 aliphatic rings. The largest absolute Gasteiger partial charge is 0.337 e. The Morgan fingerprint density at radius 1 is 1.14 bits per heavy atom. The molecule has 1 aliphatic heterocycles. The molecule has 0 unspecified atom stereocenters. The Kier molecular flexibility index (Phi) is 6.49. The molecule has 1 fully saturated rings. The van der Waals surface area contributed by atoms with Crippen LogP contribution in [0.3, 0.4) is 0 Å². The van der Waals surface area contributed by atoms with Gasteiger partial charge in [-0.05, 0) is 42.5 Å². The van der Waals surface area contributed by atoms with Gasteiger partial charge in [0, 0.05) is 13.1 Å². The summed E-state index contributed by atoms with van der Waals surface area (Å²) in [4.78, 5) is 18.8. The van der Waals surface area contributed by atoms with Crippen molar-refractivity contribution < 1.29 is 13.2 Å². The van der Waals surface area contributed by atoms with E-state index in [-0.39, 0.29) is 42.7 Å². The maximum atomic E-state index is 12.9. The van der Waals surface area contributed by atoms with Crippen LogP contribution in [0.2, 0.25) is 15.1 Å². The van der Waals surface area contributed by atoms with Gasteiger partial charge in [0.15, 0.2) is 9.84 Å². The molecule has 2 heterocycles. The third-order valence-electron chi connectivity index (χ3n) is 4.86. The number of piperidine rings is 1. The molecule has 0 N–H and O–H groups in total. The SMILES string of the molecule is CC1(C)CCCN(C(=O)c2cccc(CS(=O)(=O)c3cc(Cl)c(Cl)cc3Cl)n2)C1. The van der Waals surface area contributed by atoms with Gasteiger partial charge in [0.1, 0.15) is 5.69 Å². The molecule has 0 spiro atoms. The van der Waals surface area contributed by atoms with Gasteiger partial charge in [0.2, 0.25) is 0 Å². The third-order valence-corrected chi connectivity index (χ3v) is 7.69. The zero-order valence-electron chi connectivity index (χ0n) is 16.1. The first-order valence-corrected chi connectivity index (χ1v) is 11.9. The number of likely N-dealkylation sites (tertiary alicyclic amines) is 1. The lowest BCUT2D eigenvalue weighted by molar-refractivity contribution is 0.0577. The number of hydrogen-bond donors (Lipinski definition) is 0. The summed E-state index contributed by atoms with van der Waals surface area (Å²) in [6.07, 6.45) is 2.00. The molecule has 9 heteroatoms. The number of nitrogens with zero attached hydrogens (tertiary/aromatic N) is 2. The second-order valence-electron chi connectivity index (χ2n) is 7.96. The van der Waals surface area contributed by atoms with Crippen molar-refractivity contribution in [3.63, 3.8) is 0 Å². The molecule has 3 rings (SSSR count). The van der Waals surface area contributed by atoms with Crippen molar-refractivity contribution in [3.8, 4) is 0 Å². The van der Waals surface area contributed by atoms with Gasteiger partial charge in [-0.15, -0.1) is 0 Å². The highest BCUT2D eigenvalue weighted by Gasteiger charge is 2.30. The Morgan fingerprint density at radius 3 is 2.52 bits per heavy atom. The third kappa shape index (κ3) is 5.23. The molecule has 0 bridgehead atoms. The second kappa shape index (κ2) is 8.42. The Balaban J connectivity index is 1.84. The normalized spacial score (nSPS) is 16.7. The van der Waals surface area contributed by atoms with Crippen LogP contribution in [0.4, 0.5) is 0 Å². The Morgan fingerprint density at radius 2 is 1.83 bits per heavy atom. The minimum atomic E-state index is -3.83. The van der Waals surface area contributed by atoms with Crippen LogP contribution >= 0.6 is 34.8 Å². The van der Waals surface area contributed by atoms with Crippen LogP contribution in [0.1, 0.15) is 42.9 Å². The van der Waals surface area contributed by atoms with Gasteiger partial charge in [0.05, 0.1) is 31.4 Å². The molecule has 29 heavy (non-hydrogen) atoms. The summed E-state index contributed by atoms with van der Waals surface area (Å²) in [5.41, 5.74) is 0.546. The van der Waals surface area contributed by atoms with Crippen molar-refractivity contribution in [1.82, 2.24) is 9.88 Å². The number of sulfone groups is 1. The fourth-order valence-electron chi connectivity index (χ4n) is 3.45. The van der Waals surface area contributed by atoms with Crippen LogP contribution < -0.4 is 0 Å². The highest BCUT2D eigenvalue weighted by Crippen LogP contribution is 2.33. The number of aromatic nitrogens is 1. The van der Waals surface area contributed by atoms with E-state index in [0.29, 0.717) is 13.1 Å². The van der Waals surface area contributed by atoms with Gasteiger partial charge in [-0.2, -0.15) is 0 Å². The Labute approximate surface area is 185 Å². The van der Waals surface area contributed by atoms with Crippen molar-refractivity contribution in [2.24, 2.45) is 5.41 Å². The molecule has 1 amide bonds. The molecule has 0 radical (unpaired) electrons. The summed E-state index contributed by atoms with van der Waals surface area (Å²) >= 11 is 17.9. The summed E-state index contributed by atoms with van der Waals surface area (Å²) in [5.74, 6) is -0.596. The highest BCUT2D eigenvalue weighted by atomic mass is 35.5. The van der Waals surface area contributed by atoms with Crippen molar-refractivity contribution in [2.75, 3.05) is 13.1 Å². The predicted octanol–water partition coefficient (Wildman–Crippen LogP) is 5.28. The molecule has 156 valence electrons. The van der Waals surface area contributed by atoms with Crippen molar-refractivity contribution in [3.05, 3.63) is 56.8 Å². The van der Waals surface area contributed by atoms with Crippen LogP contribution in [0.5, 0.6) is 0 Å². The van der Waals surface area contributed by atoms with E-state index >= 15 is 0 Å². The first kappa shape index (κ1) is 22.3. The first-order valence-electron chi connectivity index (χ1n) is 9.11. The molecule has 0 aliphatic carbocycles. The molecule has 0 saturated carbocycles. The number of amides is 1. The Hall–Kier alpha value is -1.34. The lowest BCUT2D eigenvalue weighted by atomic mass is 9.84. The number of pyridine rings is 1. The standard InChI is InChI=1S/C20H21Cl3N2O3S/c1-20(2)7-4-8-25(12-20)19(26)17-6-3-5-13(24-17)11-29(27,28)18-10-15(22)14(21)9-16(18)23/h3,5-6,9-10H,4,7-8,11-12H2,1-2H3. The smallest absolute Gasteiger partial charge is 0.272 e. The molecule has 5 nitrogen and oxygen atoms in total. The molecule has 0 atom stereocenters. The van der Waals surface area contributed by atoms with Gasteiger partial charge >= 0.3 is 0 Å². The van der Waals surface area contributed by atoms with E-state index in [2.05, 4.69) is 18.8 Å². The quantitative estimate of drug-likeness (QED) is 0.564. The van der Waals surface area contributed by atoms with Gasteiger partial charge in [-0.1, -0.05) is 54.7 Å². The molecular weight excluding hydrogens is 455 g/mol. The number of rotatable bonds is 4. The lowest BCUT2D eigenvalue weighted by Crippen LogP contribution is -2.43. The fourth-order valence-corrected chi connectivity index (χ4v) is 5.78. The van der Waals surface area contributed by atoms with E-state index < -0.39 is 15.6 Å². The zero-order valence-corrected chi connectivity index (χ0v) is 19.2. The monoisotopic (exact) mass is 474 g/mol. The van der Waals surface area contributed by atoms with Crippen molar-refractivity contribution in [2.45, 2.75) is 37.3 Å². The minimum Gasteiger partial charge on any atom is -0.337 e. The fraction of sp³-hybridized carbons (Fsp3) is 0.400. The highest BCUT2D eigenvalue weighted by molar-refractivity contribution is 7.90. The number of benzene rings is 1. The van der Waals surface area contributed by atoms with E-state index in [4.69, 9.17) is 34.8 Å². The van der Waals surface area contributed by atoms with Gasteiger partial charge in [0.25, 0.3) is 5.91 Å². The van der Waals surface area contributed by atoms with Gasteiger partial charge in [-0.25, -0.2) is 13.4 Å². The van der Waals surface area contributed by atoms with Crippen LogP contribution in [-0.4, -0.2) is 37.3 Å². The maximum absolute atomic E-state index is 12.9. The zero-order chi connectivity index (χ0) is 21.4. The molecule has 1 aromatic carbocycles. The maximum Gasteiger partial charge on any atom is 0.272 e. The van der Waals surface area contributed by atoms with Crippen LogP contribution in [0, 0.1) is 5.41 Å². The van der Waals surface area contributed by atoms with Crippen molar-refractivity contribution >= 4 is 50.5 Å². The van der Waals surface area contributed by atoms with Crippen LogP contribution in [-0.2, 0) is 15.6 Å². The summed E-state index contributed by atoms with van der Waals surface area (Å²) in [6.45, 7) is 5.58. The molecule has 1 aromatic heterocycles. The number of carbonyl (C=O) groups is 1. The lowest BCUT2D eigenvalue weighted by Gasteiger charge is -2.37. The number of carbonyl (C=O) groups excluding carboxylic acids is 1. The number of hydrogen-bond acceptors (Lipinski definition) is 4. The number of halogens is 3. The Bertz CT molecular complexity index is 1050. The summed E-state index contributed by atoms with van der Waals surface area (Å²) < 4.78 is 25.7. The summed E-state index contributed by atoms with van der Waals surface area (Å²) in [7, 11) is -3.83. The van der Waals surface area contributed by atoms with Crippen LogP contribution in [0.25, 0.3) is 0 Å². The van der Waals surface area contributed by atoms with Crippen LogP contribution in [0.15, 0.2) is 35.2 Å².